The first-order valence-corrected chi connectivity index (χ1v) is 6.35. The summed E-state index contributed by atoms with van der Waals surface area (Å²) < 4.78 is 0. The van der Waals surface area contributed by atoms with E-state index in [1.165, 1.54) is 17.7 Å². The Kier molecular flexibility index (Phi) is 1.54. The number of rotatable bonds is 2. The lowest BCUT2D eigenvalue weighted by molar-refractivity contribution is -0.140. The van der Waals surface area contributed by atoms with Crippen LogP contribution in [0.1, 0.15) is 12.8 Å². The highest BCUT2D eigenvalue weighted by molar-refractivity contribution is 6.06. The van der Waals surface area contributed by atoms with E-state index in [1.807, 2.05) is 0 Å². The van der Waals surface area contributed by atoms with Gasteiger partial charge in [-0.3, -0.25) is 14.5 Å². The summed E-state index contributed by atoms with van der Waals surface area (Å²) in [4.78, 5) is 26.0. The van der Waals surface area contributed by atoms with Gasteiger partial charge in [0.1, 0.15) is 0 Å². The van der Waals surface area contributed by atoms with Crippen LogP contribution in [0.3, 0.4) is 0 Å². The number of fused-ring (bicyclic) bond motifs is 3. The van der Waals surface area contributed by atoms with Crippen LogP contribution in [-0.2, 0) is 9.59 Å². The number of likely N-dealkylation sites (tertiary alicyclic amines) is 1. The molecule has 2 bridgehead atoms. The van der Waals surface area contributed by atoms with E-state index in [0.717, 1.165) is 0 Å². The van der Waals surface area contributed by atoms with Gasteiger partial charge in [-0.2, -0.15) is 0 Å². The maximum Gasteiger partial charge on any atom is 0.234 e. The van der Waals surface area contributed by atoms with Gasteiger partial charge in [0.15, 0.2) is 0 Å². The fraction of sp³-hybridized carbons (Fsp3) is 0.571. The molecule has 0 N–H and O–H groups in total. The second-order valence-corrected chi connectivity index (χ2v) is 5.80. The third-order valence-corrected chi connectivity index (χ3v) is 5.26. The zero-order valence-corrected chi connectivity index (χ0v) is 9.63. The standard InChI is InChI=1S/C14H15NO2/c1-2-7-15-12(16)10-8-3-4-9(11(10)13(15)17)14(8)5-6-14/h2-4,8-11H,1,5-7H2/t8-,9-,10-,11+/m0/s1. The number of imide groups is 1. The Labute approximate surface area is 100 Å². The molecule has 1 heterocycles. The van der Waals surface area contributed by atoms with Crippen LogP contribution in [-0.4, -0.2) is 23.3 Å². The van der Waals surface area contributed by atoms with Crippen LogP contribution < -0.4 is 0 Å². The molecule has 0 aromatic carbocycles. The lowest BCUT2D eigenvalue weighted by Crippen LogP contribution is -2.34. The summed E-state index contributed by atoms with van der Waals surface area (Å²) >= 11 is 0. The van der Waals surface area contributed by atoms with Gasteiger partial charge in [-0.1, -0.05) is 18.2 Å². The minimum Gasteiger partial charge on any atom is -0.278 e. The van der Waals surface area contributed by atoms with Gasteiger partial charge in [-0.15, -0.1) is 6.58 Å². The first-order valence-electron chi connectivity index (χ1n) is 6.35. The molecule has 3 nitrogen and oxygen atoms in total. The summed E-state index contributed by atoms with van der Waals surface area (Å²) in [5.41, 5.74) is 0.306. The molecule has 1 spiro atoms. The average Bonchev–Trinajstić information content (AvgIpc) is 2.93. The maximum absolute atomic E-state index is 12.3. The molecular weight excluding hydrogens is 214 g/mol. The van der Waals surface area contributed by atoms with E-state index in [1.54, 1.807) is 6.08 Å². The van der Waals surface area contributed by atoms with Crippen molar-refractivity contribution in [2.24, 2.45) is 29.1 Å². The largest absolute Gasteiger partial charge is 0.278 e. The van der Waals surface area contributed by atoms with Gasteiger partial charge in [-0.05, 0) is 30.1 Å². The van der Waals surface area contributed by atoms with Gasteiger partial charge in [0.05, 0.1) is 11.8 Å². The molecule has 0 unspecified atom stereocenters. The Balaban J connectivity index is 1.76. The van der Waals surface area contributed by atoms with Gasteiger partial charge in [0, 0.05) is 6.54 Å². The number of hydrogen-bond donors (Lipinski definition) is 0. The minimum atomic E-state index is -0.0556. The van der Waals surface area contributed by atoms with Crippen LogP contribution >= 0.6 is 0 Å². The zero-order chi connectivity index (χ0) is 11.8. The molecule has 4 atom stereocenters. The Morgan fingerprint density at radius 2 is 1.76 bits per heavy atom. The maximum atomic E-state index is 12.3. The predicted molar refractivity (Wildman–Crippen MR) is 61.7 cm³/mol. The lowest BCUT2D eigenvalue weighted by Gasteiger charge is -2.20. The molecule has 3 heteroatoms. The summed E-state index contributed by atoms with van der Waals surface area (Å²) in [6, 6.07) is 0. The van der Waals surface area contributed by atoms with Crippen molar-refractivity contribution in [2.45, 2.75) is 12.8 Å². The molecule has 1 saturated heterocycles. The second kappa shape index (κ2) is 2.71. The molecule has 1 aliphatic heterocycles. The van der Waals surface area contributed by atoms with Gasteiger partial charge < -0.3 is 0 Å². The smallest absolute Gasteiger partial charge is 0.234 e. The van der Waals surface area contributed by atoms with Crippen molar-refractivity contribution in [3.8, 4) is 0 Å². The highest BCUT2D eigenvalue weighted by Crippen LogP contribution is 2.73. The first-order chi connectivity index (χ1) is 8.20. The van der Waals surface area contributed by atoms with E-state index in [2.05, 4.69) is 18.7 Å². The molecule has 3 fully saturated rings. The highest BCUT2D eigenvalue weighted by Gasteiger charge is 2.73. The summed E-state index contributed by atoms with van der Waals surface area (Å²) in [6.45, 7) is 3.99. The van der Waals surface area contributed by atoms with Gasteiger partial charge >= 0.3 is 0 Å². The monoisotopic (exact) mass is 229 g/mol. The van der Waals surface area contributed by atoms with Crippen LogP contribution in [0.4, 0.5) is 0 Å². The third-order valence-electron chi connectivity index (χ3n) is 5.26. The summed E-state index contributed by atoms with van der Waals surface area (Å²) in [5, 5.41) is 0. The zero-order valence-electron chi connectivity index (χ0n) is 9.63. The summed E-state index contributed by atoms with van der Waals surface area (Å²) in [7, 11) is 0. The number of nitrogens with zero attached hydrogens (tertiary/aromatic N) is 1. The quantitative estimate of drug-likeness (QED) is 0.530. The Hall–Kier alpha value is -1.38. The molecule has 0 radical (unpaired) electrons. The molecule has 4 aliphatic rings. The Morgan fingerprint density at radius 3 is 2.18 bits per heavy atom. The SMILES string of the molecule is C=CCN1C(=O)[C@@H]2[C@H](C1=O)[C@@H]1C=C[C@@H]2C12CC2. The third kappa shape index (κ3) is 0.874. The second-order valence-electron chi connectivity index (χ2n) is 5.80. The summed E-state index contributed by atoms with van der Waals surface area (Å²) in [5.74, 6) is 0.651. The van der Waals surface area contributed by atoms with E-state index in [4.69, 9.17) is 0 Å². The van der Waals surface area contributed by atoms with Crippen molar-refractivity contribution in [1.82, 2.24) is 4.90 Å². The van der Waals surface area contributed by atoms with Crippen LogP contribution in [0, 0.1) is 29.1 Å². The molecule has 88 valence electrons. The normalized spacial score (nSPS) is 43.6. The van der Waals surface area contributed by atoms with Crippen molar-refractivity contribution in [3.63, 3.8) is 0 Å². The van der Waals surface area contributed by atoms with Gasteiger partial charge in [-0.25, -0.2) is 0 Å². The number of carbonyl (C=O) groups is 2. The van der Waals surface area contributed by atoms with E-state index in [-0.39, 0.29) is 23.7 Å². The minimum absolute atomic E-state index is 0.0445. The molecular formula is C14H15NO2. The van der Waals surface area contributed by atoms with Crippen molar-refractivity contribution in [2.75, 3.05) is 6.54 Å². The van der Waals surface area contributed by atoms with Crippen LogP contribution in [0.25, 0.3) is 0 Å². The number of allylic oxidation sites excluding steroid dienone is 2. The van der Waals surface area contributed by atoms with Crippen molar-refractivity contribution in [3.05, 3.63) is 24.8 Å². The van der Waals surface area contributed by atoms with Gasteiger partial charge in [0.25, 0.3) is 0 Å². The number of hydrogen-bond acceptors (Lipinski definition) is 2. The molecule has 17 heavy (non-hydrogen) atoms. The van der Waals surface area contributed by atoms with Gasteiger partial charge in [0.2, 0.25) is 11.8 Å². The van der Waals surface area contributed by atoms with Crippen molar-refractivity contribution < 1.29 is 9.59 Å². The van der Waals surface area contributed by atoms with Crippen molar-refractivity contribution in [1.29, 1.82) is 0 Å². The molecule has 4 rings (SSSR count). The Morgan fingerprint density at radius 1 is 1.24 bits per heavy atom. The van der Waals surface area contributed by atoms with Crippen molar-refractivity contribution >= 4 is 11.8 Å². The lowest BCUT2D eigenvalue weighted by atomic mass is 9.85. The topological polar surface area (TPSA) is 37.4 Å². The molecule has 0 aromatic heterocycles. The highest BCUT2D eigenvalue weighted by atomic mass is 16.2. The van der Waals surface area contributed by atoms with E-state index in [9.17, 15) is 9.59 Å². The van der Waals surface area contributed by atoms with Crippen LogP contribution in [0.5, 0.6) is 0 Å². The van der Waals surface area contributed by atoms with Crippen LogP contribution in [0.15, 0.2) is 24.8 Å². The predicted octanol–water partition coefficient (Wildman–Crippen LogP) is 1.37. The fourth-order valence-corrected chi connectivity index (χ4v) is 4.45. The molecule has 3 aliphatic carbocycles. The van der Waals surface area contributed by atoms with E-state index < -0.39 is 0 Å². The first kappa shape index (κ1) is 9.63. The average molecular weight is 229 g/mol. The molecule has 2 amide bonds. The molecule has 2 saturated carbocycles. The number of amides is 2. The molecule has 0 aromatic rings. The van der Waals surface area contributed by atoms with Crippen LogP contribution in [0.2, 0.25) is 0 Å². The van der Waals surface area contributed by atoms with E-state index in [0.29, 0.717) is 23.8 Å². The van der Waals surface area contributed by atoms with E-state index >= 15 is 0 Å². The number of carbonyl (C=O) groups excluding carboxylic acids is 2. The summed E-state index contributed by atoms with van der Waals surface area (Å²) in [6.07, 6.45) is 8.43. The Bertz CT molecular complexity index is 441. The fourth-order valence-electron chi connectivity index (χ4n) is 4.45.